The zero-order valence-corrected chi connectivity index (χ0v) is 12.1. The van der Waals surface area contributed by atoms with Crippen molar-refractivity contribution in [2.24, 2.45) is 0 Å². The highest BCUT2D eigenvalue weighted by atomic mass is 16.5. The lowest BCUT2D eigenvalue weighted by atomic mass is 10.2. The largest absolute Gasteiger partial charge is 0.494 e. The van der Waals surface area contributed by atoms with Gasteiger partial charge in [0.05, 0.1) is 12.3 Å². The van der Waals surface area contributed by atoms with E-state index in [0.29, 0.717) is 12.6 Å². The first-order chi connectivity index (χ1) is 10.3. The van der Waals surface area contributed by atoms with Gasteiger partial charge in [-0.25, -0.2) is 4.98 Å². The number of benzene rings is 1. The van der Waals surface area contributed by atoms with Crippen LogP contribution in [-0.2, 0) is 12.8 Å². The van der Waals surface area contributed by atoms with Gasteiger partial charge in [-0.2, -0.15) is 0 Å². The van der Waals surface area contributed by atoms with Crippen LogP contribution in [-0.4, -0.2) is 16.6 Å². The van der Waals surface area contributed by atoms with Gasteiger partial charge in [0.2, 0.25) is 5.95 Å². The molecule has 0 aliphatic heterocycles. The number of H-pyrrole nitrogens is 1. The molecule has 0 atom stereocenters. The van der Waals surface area contributed by atoms with Crippen LogP contribution < -0.4 is 15.6 Å². The third-order valence-electron chi connectivity index (χ3n) is 3.51. The molecular weight excluding hydrogens is 266 g/mol. The Morgan fingerprint density at radius 2 is 2.29 bits per heavy atom. The summed E-state index contributed by atoms with van der Waals surface area (Å²) in [5.41, 5.74) is 2.57. The van der Waals surface area contributed by atoms with Gasteiger partial charge in [-0.1, -0.05) is 13.0 Å². The van der Waals surface area contributed by atoms with Gasteiger partial charge in [0.25, 0.3) is 5.56 Å². The van der Waals surface area contributed by atoms with Gasteiger partial charge in [-0.3, -0.25) is 9.78 Å². The van der Waals surface area contributed by atoms with E-state index in [4.69, 9.17) is 4.74 Å². The summed E-state index contributed by atoms with van der Waals surface area (Å²) in [7, 11) is 0. The summed E-state index contributed by atoms with van der Waals surface area (Å²) in [4.78, 5) is 19.3. The minimum absolute atomic E-state index is 0.0293. The molecule has 1 aromatic heterocycles. The zero-order valence-electron chi connectivity index (χ0n) is 12.1. The number of ether oxygens (including phenoxy) is 1. The van der Waals surface area contributed by atoms with Crippen LogP contribution >= 0.6 is 0 Å². The summed E-state index contributed by atoms with van der Waals surface area (Å²) in [6.07, 6.45) is 3.69. The average Bonchev–Trinajstić information content (AvgIpc) is 2.94. The lowest BCUT2D eigenvalue weighted by Crippen LogP contribution is -2.16. The maximum atomic E-state index is 12.0. The van der Waals surface area contributed by atoms with Crippen LogP contribution in [0.1, 0.15) is 31.0 Å². The molecule has 3 rings (SSSR count). The van der Waals surface area contributed by atoms with Gasteiger partial charge in [0, 0.05) is 17.3 Å². The highest BCUT2D eigenvalue weighted by Gasteiger charge is 2.17. The minimum Gasteiger partial charge on any atom is -0.494 e. The second-order valence-electron chi connectivity index (χ2n) is 5.19. The summed E-state index contributed by atoms with van der Waals surface area (Å²) in [6, 6.07) is 7.66. The maximum absolute atomic E-state index is 12.0. The van der Waals surface area contributed by atoms with Gasteiger partial charge in [-0.15, -0.1) is 0 Å². The second kappa shape index (κ2) is 5.99. The van der Waals surface area contributed by atoms with Crippen molar-refractivity contribution in [2.75, 3.05) is 11.9 Å². The summed E-state index contributed by atoms with van der Waals surface area (Å²) in [6.45, 7) is 2.76. The van der Waals surface area contributed by atoms with Crippen LogP contribution in [0.15, 0.2) is 29.1 Å². The van der Waals surface area contributed by atoms with Gasteiger partial charge in [-0.05, 0) is 37.8 Å². The van der Waals surface area contributed by atoms with Crippen LogP contribution in [0.4, 0.5) is 11.6 Å². The Hall–Kier alpha value is -2.30. The van der Waals surface area contributed by atoms with E-state index in [1.54, 1.807) is 0 Å². The highest BCUT2D eigenvalue weighted by Crippen LogP contribution is 2.21. The predicted molar refractivity (Wildman–Crippen MR) is 82.4 cm³/mol. The molecule has 21 heavy (non-hydrogen) atoms. The predicted octanol–water partition coefficient (Wildman–Crippen LogP) is 2.79. The molecule has 2 N–H and O–H groups in total. The molecule has 0 saturated heterocycles. The van der Waals surface area contributed by atoms with E-state index in [1.165, 1.54) is 0 Å². The molecule has 2 aromatic rings. The molecule has 0 amide bonds. The molecule has 0 radical (unpaired) electrons. The molecule has 1 heterocycles. The fourth-order valence-corrected chi connectivity index (χ4v) is 2.52. The van der Waals surface area contributed by atoms with Gasteiger partial charge >= 0.3 is 0 Å². The van der Waals surface area contributed by atoms with Crippen molar-refractivity contribution < 1.29 is 4.74 Å². The summed E-state index contributed by atoms with van der Waals surface area (Å²) >= 11 is 0. The third-order valence-corrected chi connectivity index (χ3v) is 3.51. The Bertz CT molecular complexity index is 694. The van der Waals surface area contributed by atoms with E-state index in [2.05, 4.69) is 22.2 Å². The molecular formula is C16H19N3O2. The first-order valence-corrected chi connectivity index (χ1v) is 7.38. The van der Waals surface area contributed by atoms with E-state index >= 15 is 0 Å². The number of rotatable bonds is 5. The molecule has 1 aliphatic carbocycles. The molecule has 1 aromatic carbocycles. The van der Waals surface area contributed by atoms with Crippen molar-refractivity contribution in [1.29, 1.82) is 0 Å². The molecule has 1 aliphatic rings. The van der Waals surface area contributed by atoms with Gasteiger partial charge in [0.1, 0.15) is 5.75 Å². The number of aromatic amines is 1. The Balaban J connectivity index is 1.80. The Morgan fingerprint density at radius 1 is 1.38 bits per heavy atom. The molecule has 0 saturated carbocycles. The molecule has 110 valence electrons. The lowest BCUT2D eigenvalue weighted by Gasteiger charge is -2.09. The quantitative estimate of drug-likeness (QED) is 0.886. The summed E-state index contributed by atoms with van der Waals surface area (Å²) in [5.74, 6) is 1.30. The number of fused-ring (bicyclic) bond motifs is 1. The van der Waals surface area contributed by atoms with E-state index in [1.807, 2.05) is 24.3 Å². The third kappa shape index (κ3) is 3.07. The summed E-state index contributed by atoms with van der Waals surface area (Å²) < 4.78 is 5.60. The first-order valence-electron chi connectivity index (χ1n) is 7.38. The average molecular weight is 285 g/mol. The number of aryl methyl sites for hydroxylation is 1. The van der Waals surface area contributed by atoms with E-state index in [9.17, 15) is 4.79 Å². The Kier molecular flexibility index (Phi) is 3.90. The van der Waals surface area contributed by atoms with Crippen molar-refractivity contribution in [1.82, 2.24) is 9.97 Å². The van der Waals surface area contributed by atoms with Crippen molar-refractivity contribution >= 4 is 11.6 Å². The van der Waals surface area contributed by atoms with Crippen LogP contribution in [0.25, 0.3) is 0 Å². The topological polar surface area (TPSA) is 67.0 Å². The minimum atomic E-state index is -0.0293. The molecule has 0 bridgehead atoms. The molecule has 5 heteroatoms. The first kappa shape index (κ1) is 13.7. The van der Waals surface area contributed by atoms with Crippen molar-refractivity contribution in [2.45, 2.75) is 32.6 Å². The molecule has 0 spiro atoms. The monoisotopic (exact) mass is 285 g/mol. The number of aromatic nitrogens is 2. The number of nitrogens with zero attached hydrogens (tertiary/aromatic N) is 1. The second-order valence-corrected chi connectivity index (χ2v) is 5.19. The lowest BCUT2D eigenvalue weighted by molar-refractivity contribution is 0.317. The van der Waals surface area contributed by atoms with Crippen molar-refractivity contribution in [3.05, 3.63) is 45.9 Å². The van der Waals surface area contributed by atoms with E-state index in [0.717, 1.165) is 48.4 Å². The standard InChI is InChI=1S/C16H19N3O2/c1-2-9-21-12-6-3-5-11(10-12)17-16-18-14-8-4-7-13(14)15(20)19-16/h3,5-6,10H,2,4,7-9H2,1H3,(H2,17,18,19,20). The van der Waals surface area contributed by atoms with Crippen LogP contribution in [0.2, 0.25) is 0 Å². The number of hydrogen-bond acceptors (Lipinski definition) is 4. The van der Waals surface area contributed by atoms with Crippen molar-refractivity contribution in [3.8, 4) is 5.75 Å². The van der Waals surface area contributed by atoms with Gasteiger partial charge in [0.15, 0.2) is 0 Å². The molecule has 5 nitrogen and oxygen atoms in total. The van der Waals surface area contributed by atoms with Gasteiger partial charge < -0.3 is 10.1 Å². The fourth-order valence-electron chi connectivity index (χ4n) is 2.52. The zero-order chi connectivity index (χ0) is 14.7. The SMILES string of the molecule is CCCOc1cccc(Nc2nc3c(c(=O)[nH]2)CCC3)c1. The number of hydrogen-bond donors (Lipinski definition) is 2. The molecule has 0 unspecified atom stereocenters. The normalized spacial score (nSPS) is 13.0. The maximum Gasteiger partial charge on any atom is 0.255 e. The van der Waals surface area contributed by atoms with E-state index in [-0.39, 0.29) is 5.56 Å². The molecule has 0 fully saturated rings. The van der Waals surface area contributed by atoms with Crippen molar-refractivity contribution in [3.63, 3.8) is 0 Å². The van der Waals surface area contributed by atoms with Crippen LogP contribution in [0.3, 0.4) is 0 Å². The number of anilines is 2. The Labute approximate surface area is 123 Å². The Morgan fingerprint density at radius 3 is 3.14 bits per heavy atom. The number of nitrogens with one attached hydrogen (secondary N) is 2. The smallest absolute Gasteiger partial charge is 0.255 e. The highest BCUT2D eigenvalue weighted by molar-refractivity contribution is 5.56. The van der Waals surface area contributed by atoms with Crippen LogP contribution in [0.5, 0.6) is 5.75 Å². The summed E-state index contributed by atoms with van der Waals surface area (Å²) in [5, 5.41) is 3.14. The van der Waals surface area contributed by atoms with Crippen LogP contribution in [0, 0.1) is 0 Å². The van der Waals surface area contributed by atoms with E-state index < -0.39 is 0 Å². The fraction of sp³-hybridized carbons (Fsp3) is 0.375.